The SMILES string of the molecule is COC(=O)c1nn(-c2ccccc2)c2cc(N)ccc12. The van der Waals surface area contributed by atoms with Crippen molar-refractivity contribution >= 4 is 22.6 Å². The molecule has 0 aliphatic rings. The van der Waals surface area contributed by atoms with Crippen LogP contribution in [-0.4, -0.2) is 22.9 Å². The number of hydrogen-bond donors (Lipinski definition) is 1. The first kappa shape index (κ1) is 12.2. The molecule has 0 fully saturated rings. The quantitative estimate of drug-likeness (QED) is 0.571. The van der Waals surface area contributed by atoms with Gasteiger partial charge in [0.2, 0.25) is 0 Å². The standard InChI is InChI=1S/C15H13N3O2/c1-20-15(19)14-12-8-7-10(16)9-13(12)18(17-14)11-5-3-2-4-6-11/h2-9H,16H2,1H3. The Kier molecular flexibility index (Phi) is 2.87. The van der Waals surface area contributed by atoms with E-state index in [0.29, 0.717) is 5.69 Å². The van der Waals surface area contributed by atoms with Gasteiger partial charge in [0.1, 0.15) is 0 Å². The van der Waals surface area contributed by atoms with Crippen molar-refractivity contribution in [3.63, 3.8) is 0 Å². The van der Waals surface area contributed by atoms with Crippen molar-refractivity contribution in [1.82, 2.24) is 9.78 Å². The van der Waals surface area contributed by atoms with Crippen LogP contribution in [0.1, 0.15) is 10.5 Å². The van der Waals surface area contributed by atoms with Crippen molar-refractivity contribution in [2.24, 2.45) is 0 Å². The second-order valence-electron chi connectivity index (χ2n) is 4.36. The summed E-state index contributed by atoms with van der Waals surface area (Å²) in [6, 6.07) is 14.9. The van der Waals surface area contributed by atoms with E-state index >= 15 is 0 Å². The molecule has 1 heterocycles. The highest BCUT2D eigenvalue weighted by atomic mass is 16.5. The average Bonchev–Trinajstić information content (AvgIpc) is 2.86. The highest BCUT2D eigenvalue weighted by molar-refractivity contribution is 6.03. The van der Waals surface area contributed by atoms with E-state index in [-0.39, 0.29) is 5.69 Å². The first-order valence-electron chi connectivity index (χ1n) is 6.12. The molecule has 3 aromatic rings. The maximum atomic E-state index is 11.8. The zero-order valence-corrected chi connectivity index (χ0v) is 10.9. The molecule has 0 saturated heterocycles. The maximum Gasteiger partial charge on any atom is 0.359 e. The Bertz CT molecular complexity index is 778. The highest BCUT2D eigenvalue weighted by Gasteiger charge is 2.18. The maximum absolute atomic E-state index is 11.8. The Morgan fingerprint density at radius 1 is 1.20 bits per heavy atom. The van der Waals surface area contributed by atoms with Crippen LogP contribution >= 0.6 is 0 Å². The molecule has 2 N–H and O–H groups in total. The number of para-hydroxylation sites is 1. The summed E-state index contributed by atoms with van der Waals surface area (Å²) in [5.74, 6) is -0.463. The molecular formula is C15H13N3O2. The van der Waals surface area contributed by atoms with Crippen molar-refractivity contribution < 1.29 is 9.53 Å². The van der Waals surface area contributed by atoms with Crippen molar-refractivity contribution in [3.05, 3.63) is 54.2 Å². The molecule has 0 spiro atoms. The van der Waals surface area contributed by atoms with E-state index in [9.17, 15) is 4.79 Å². The molecule has 2 aromatic carbocycles. The third-order valence-corrected chi connectivity index (χ3v) is 3.08. The Labute approximate surface area is 115 Å². The monoisotopic (exact) mass is 267 g/mol. The lowest BCUT2D eigenvalue weighted by molar-refractivity contribution is 0.0595. The van der Waals surface area contributed by atoms with Crippen molar-refractivity contribution in [3.8, 4) is 5.69 Å². The molecule has 0 unspecified atom stereocenters. The number of nitrogen functional groups attached to an aromatic ring is 1. The predicted molar refractivity (Wildman–Crippen MR) is 76.8 cm³/mol. The van der Waals surface area contributed by atoms with Gasteiger partial charge in [0, 0.05) is 11.1 Å². The fourth-order valence-electron chi connectivity index (χ4n) is 2.15. The molecule has 0 saturated carbocycles. The Hall–Kier alpha value is -2.82. The van der Waals surface area contributed by atoms with E-state index < -0.39 is 5.97 Å². The minimum absolute atomic E-state index is 0.284. The number of nitrogens with two attached hydrogens (primary N) is 1. The lowest BCUT2D eigenvalue weighted by Crippen LogP contribution is -2.04. The number of methoxy groups -OCH3 is 1. The van der Waals surface area contributed by atoms with E-state index in [4.69, 9.17) is 10.5 Å². The number of fused-ring (bicyclic) bond motifs is 1. The number of carbonyl (C=O) groups is 1. The molecule has 1 aromatic heterocycles. The second kappa shape index (κ2) is 4.70. The first-order chi connectivity index (χ1) is 9.70. The summed E-state index contributed by atoms with van der Waals surface area (Å²) < 4.78 is 6.47. The van der Waals surface area contributed by atoms with Gasteiger partial charge in [-0.3, -0.25) is 0 Å². The van der Waals surface area contributed by atoms with Gasteiger partial charge in [-0.15, -0.1) is 0 Å². The van der Waals surface area contributed by atoms with Crippen LogP contribution in [0.15, 0.2) is 48.5 Å². The molecular weight excluding hydrogens is 254 g/mol. The topological polar surface area (TPSA) is 70.1 Å². The Morgan fingerprint density at radius 2 is 1.95 bits per heavy atom. The molecule has 20 heavy (non-hydrogen) atoms. The van der Waals surface area contributed by atoms with Gasteiger partial charge in [-0.1, -0.05) is 18.2 Å². The summed E-state index contributed by atoms with van der Waals surface area (Å²) in [4.78, 5) is 11.8. The largest absolute Gasteiger partial charge is 0.464 e. The summed E-state index contributed by atoms with van der Waals surface area (Å²) in [7, 11) is 1.34. The molecule has 0 bridgehead atoms. The number of hydrogen-bond acceptors (Lipinski definition) is 4. The van der Waals surface area contributed by atoms with Gasteiger partial charge in [-0.25, -0.2) is 9.48 Å². The van der Waals surface area contributed by atoms with Crippen molar-refractivity contribution in [2.75, 3.05) is 12.8 Å². The van der Waals surface area contributed by atoms with Gasteiger partial charge >= 0.3 is 5.97 Å². The number of carbonyl (C=O) groups excluding carboxylic acids is 1. The summed E-state index contributed by atoms with van der Waals surface area (Å²) >= 11 is 0. The van der Waals surface area contributed by atoms with Crippen LogP contribution in [0.4, 0.5) is 5.69 Å². The molecule has 5 heteroatoms. The second-order valence-corrected chi connectivity index (χ2v) is 4.36. The summed E-state index contributed by atoms with van der Waals surface area (Å²) in [5, 5.41) is 5.08. The Morgan fingerprint density at radius 3 is 2.65 bits per heavy atom. The van der Waals surface area contributed by atoms with Crippen LogP contribution in [0.5, 0.6) is 0 Å². The van der Waals surface area contributed by atoms with Gasteiger partial charge in [0.25, 0.3) is 0 Å². The van der Waals surface area contributed by atoms with E-state index in [1.807, 2.05) is 30.3 Å². The van der Waals surface area contributed by atoms with Crippen molar-refractivity contribution in [1.29, 1.82) is 0 Å². The van der Waals surface area contributed by atoms with E-state index in [2.05, 4.69) is 5.10 Å². The zero-order chi connectivity index (χ0) is 14.1. The van der Waals surface area contributed by atoms with Crippen LogP contribution in [0, 0.1) is 0 Å². The fraction of sp³-hybridized carbons (Fsp3) is 0.0667. The van der Waals surface area contributed by atoms with Gasteiger partial charge in [0.05, 0.1) is 18.3 Å². The van der Waals surface area contributed by atoms with Gasteiger partial charge in [-0.2, -0.15) is 5.10 Å². The van der Waals surface area contributed by atoms with Gasteiger partial charge in [0.15, 0.2) is 5.69 Å². The lowest BCUT2D eigenvalue weighted by atomic mass is 10.2. The van der Waals surface area contributed by atoms with Crippen LogP contribution in [-0.2, 0) is 4.74 Å². The third-order valence-electron chi connectivity index (χ3n) is 3.08. The number of anilines is 1. The molecule has 100 valence electrons. The van der Waals surface area contributed by atoms with E-state index in [0.717, 1.165) is 16.6 Å². The lowest BCUT2D eigenvalue weighted by Gasteiger charge is -2.03. The van der Waals surface area contributed by atoms with Crippen LogP contribution in [0.2, 0.25) is 0 Å². The molecule has 0 atom stereocenters. The molecule has 0 aliphatic carbocycles. The molecule has 0 amide bonds. The minimum Gasteiger partial charge on any atom is -0.464 e. The normalized spacial score (nSPS) is 10.7. The van der Waals surface area contributed by atoms with Crippen LogP contribution < -0.4 is 5.73 Å². The number of rotatable bonds is 2. The average molecular weight is 267 g/mol. The van der Waals surface area contributed by atoms with E-state index in [1.54, 1.807) is 22.9 Å². The summed E-state index contributed by atoms with van der Waals surface area (Å²) in [6.07, 6.45) is 0. The fourth-order valence-corrected chi connectivity index (χ4v) is 2.15. The number of benzene rings is 2. The summed E-state index contributed by atoms with van der Waals surface area (Å²) in [6.45, 7) is 0. The third kappa shape index (κ3) is 1.89. The van der Waals surface area contributed by atoms with Crippen LogP contribution in [0.25, 0.3) is 16.6 Å². The van der Waals surface area contributed by atoms with Crippen LogP contribution in [0.3, 0.4) is 0 Å². The summed E-state index contributed by atoms with van der Waals surface area (Å²) in [5.41, 5.74) is 8.37. The molecule has 3 rings (SSSR count). The molecule has 5 nitrogen and oxygen atoms in total. The number of ether oxygens (including phenoxy) is 1. The smallest absolute Gasteiger partial charge is 0.359 e. The minimum atomic E-state index is -0.463. The molecule has 0 aliphatic heterocycles. The zero-order valence-electron chi connectivity index (χ0n) is 10.9. The molecule has 0 radical (unpaired) electrons. The number of nitrogens with zero attached hydrogens (tertiary/aromatic N) is 2. The van der Waals surface area contributed by atoms with Gasteiger partial charge in [-0.05, 0) is 30.3 Å². The number of aromatic nitrogens is 2. The Balaban J connectivity index is 2.32. The van der Waals surface area contributed by atoms with Gasteiger partial charge < -0.3 is 10.5 Å². The number of esters is 1. The highest BCUT2D eigenvalue weighted by Crippen LogP contribution is 2.24. The van der Waals surface area contributed by atoms with Crippen molar-refractivity contribution in [2.45, 2.75) is 0 Å². The van der Waals surface area contributed by atoms with E-state index in [1.165, 1.54) is 7.11 Å². The predicted octanol–water partition coefficient (Wildman–Crippen LogP) is 2.39. The first-order valence-corrected chi connectivity index (χ1v) is 6.12.